The van der Waals surface area contributed by atoms with Gasteiger partial charge >= 0.3 is 5.97 Å². The van der Waals surface area contributed by atoms with Crippen molar-refractivity contribution in [2.45, 2.75) is 25.9 Å². The minimum absolute atomic E-state index is 0.127. The Morgan fingerprint density at radius 3 is 2.86 bits per heavy atom. The van der Waals surface area contributed by atoms with Crippen LogP contribution in [0.3, 0.4) is 0 Å². The first-order chi connectivity index (χ1) is 6.66. The van der Waals surface area contributed by atoms with Gasteiger partial charge in [0.05, 0.1) is 5.56 Å². The molecule has 0 radical (unpaired) electrons. The van der Waals surface area contributed by atoms with E-state index in [1.807, 2.05) is 13.0 Å². The Morgan fingerprint density at radius 1 is 1.50 bits per heavy atom. The van der Waals surface area contributed by atoms with E-state index < -0.39 is 0 Å². The summed E-state index contributed by atoms with van der Waals surface area (Å²) in [5, 5.41) is 0. The van der Waals surface area contributed by atoms with Crippen molar-refractivity contribution in [2.24, 2.45) is 0 Å². The highest BCUT2D eigenvalue weighted by molar-refractivity contribution is 5.95. The van der Waals surface area contributed by atoms with Crippen LogP contribution in [-0.4, -0.2) is 12.1 Å². The van der Waals surface area contributed by atoms with E-state index in [0.29, 0.717) is 11.3 Å². The van der Waals surface area contributed by atoms with E-state index in [1.165, 1.54) is 0 Å². The van der Waals surface area contributed by atoms with Gasteiger partial charge in [0.2, 0.25) is 0 Å². The van der Waals surface area contributed by atoms with Crippen LogP contribution in [-0.2, 0) is 4.74 Å². The van der Waals surface area contributed by atoms with Crippen LogP contribution in [0.2, 0.25) is 0 Å². The first-order valence-corrected chi connectivity index (χ1v) is 4.74. The van der Waals surface area contributed by atoms with Gasteiger partial charge in [0.15, 0.2) is 0 Å². The summed E-state index contributed by atoms with van der Waals surface area (Å²) in [5.41, 5.74) is 7.67. The van der Waals surface area contributed by atoms with E-state index in [9.17, 15) is 4.79 Å². The third-order valence-corrected chi connectivity index (χ3v) is 2.23. The molecule has 74 valence electrons. The minimum Gasteiger partial charge on any atom is -0.459 e. The van der Waals surface area contributed by atoms with Crippen LogP contribution in [0.4, 0.5) is 5.69 Å². The summed E-state index contributed by atoms with van der Waals surface area (Å²) >= 11 is 0. The number of anilines is 1. The monoisotopic (exact) mass is 191 g/mol. The molecule has 3 nitrogen and oxygen atoms in total. The highest BCUT2D eigenvalue weighted by Crippen LogP contribution is 2.26. The molecule has 0 spiro atoms. The molecule has 14 heavy (non-hydrogen) atoms. The zero-order chi connectivity index (χ0) is 10.1. The van der Waals surface area contributed by atoms with Crippen molar-refractivity contribution in [3.8, 4) is 0 Å². The van der Waals surface area contributed by atoms with Crippen molar-refractivity contribution in [3.63, 3.8) is 0 Å². The van der Waals surface area contributed by atoms with E-state index in [0.717, 1.165) is 18.4 Å². The molecule has 0 saturated heterocycles. The summed E-state index contributed by atoms with van der Waals surface area (Å²) in [6.45, 7) is 1.92. The van der Waals surface area contributed by atoms with Gasteiger partial charge in [0.1, 0.15) is 6.10 Å². The summed E-state index contributed by atoms with van der Waals surface area (Å²) in [5.74, 6) is -0.297. The van der Waals surface area contributed by atoms with E-state index in [1.54, 1.807) is 12.1 Å². The number of ether oxygens (including phenoxy) is 1. The van der Waals surface area contributed by atoms with Crippen LogP contribution in [0, 0.1) is 6.92 Å². The molecule has 0 heterocycles. The van der Waals surface area contributed by atoms with Crippen molar-refractivity contribution in [1.29, 1.82) is 0 Å². The number of carbonyl (C=O) groups excluding carboxylic acids is 1. The Morgan fingerprint density at radius 2 is 2.21 bits per heavy atom. The molecule has 1 aromatic rings. The van der Waals surface area contributed by atoms with Crippen LogP contribution in [0.5, 0.6) is 0 Å². The van der Waals surface area contributed by atoms with Crippen LogP contribution in [0.1, 0.15) is 28.8 Å². The maximum atomic E-state index is 11.6. The third-order valence-electron chi connectivity index (χ3n) is 2.23. The third kappa shape index (κ3) is 1.87. The Kier molecular flexibility index (Phi) is 2.15. The second-order valence-electron chi connectivity index (χ2n) is 3.70. The molecule has 0 unspecified atom stereocenters. The number of nitrogens with two attached hydrogens (primary N) is 1. The Labute approximate surface area is 82.9 Å². The number of hydrogen-bond acceptors (Lipinski definition) is 3. The zero-order valence-electron chi connectivity index (χ0n) is 8.12. The summed E-state index contributed by atoms with van der Waals surface area (Å²) in [6.07, 6.45) is 2.09. The van der Waals surface area contributed by atoms with Crippen molar-refractivity contribution in [1.82, 2.24) is 0 Å². The van der Waals surface area contributed by atoms with Crippen LogP contribution in [0.25, 0.3) is 0 Å². The number of aryl methyl sites for hydroxylation is 1. The first-order valence-electron chi connectivity index (χ1n) is 4.74. The van der Waals surface area contributed by atoms with Crippen LogP contribution >= 0.6 is 0 Å². The summed E-state index contributed by atoms with van der Waals surface area (Å²) in [6, 6.07) is 5.38. The van der Waals surface area contributed by atoms with Gasteiger partial charge in [-0.2, -0.15) is 0 Å². The first kappa shape index (κ1) is 9.06. The van der Waals surface area contributed by atoms with Crippen molar-refractivity contribution < 1.29 is 9.53 Å². The molecule has 0 atom stereocenters. The molecule has 1 fully saturated rings. The van der Waals surface area contributed by atoms with E-state index in [-0.39, 0.29) is 12.1 Å². The molecule has 2 rings (SSSR count). The Balaban J connectivity index is 2.20. The lowest BCUT2D eigenvalue weighted by atomic mass is 10.1. The molecule has 0 bridgehead atoms. The Bertz CT molecular complexity index is 370. The fourth-order valence-electron chi connectivity index (χ4n) is 1.25. The molecule has 2 N–H and O–H groups in total. The lowest BCUT2D eigenvalue weighted by Gasteiger charge is -2.06. The summed E-state index contributed by atoms with van der Waals surface area (Å²) in [7, 11) is 0. The molecule has 1 aliphatic carbocycles. The van der Waals surface area contributed by atoms with Gasteiger partial charge in [-0.05, 0) is 31.9 Å². The second kappa shape index (κ2) is 3.33. The van der Waals surface area contributed by atoms with E-state index in [2.05, 4.69) is 0 Å². The highest BCUT2D eigenvalue weighted by atomic mass is 16.5. The second-order valence-corrected chi connectivity index (χ2v) is 3.70. The average Bonchev–Trinajstić information content (AvgIpc) is 2.93. The number of esters is 1. The molecule has 0 amide bonds. The quantitative estimate of drug-likeness (QED) is 0.573. The smallest absolute Gasteiger partial charge is 0.340 e. The molecule has 1 aromatic carbocycles. The van der Waals surface area contributed by atoms with Crippen molar-refractivity contribution in [2.75, 3.05) is 5.73 Å². The normalized spacial score (nSPS) is 15.2. The molecular formula is C11H13NO2. The van der Waals surface area contributed by atoms with Gasteiger partial charge in [-0.15, -0.1) is 0 Å². The van der Waals surface area contributed by atoms with E-state index >= 15 is 0 Å². The topological polar surface area (TPSA) is 52.3 Å². The number of rotatable bonds is 2. The molecule has 0 aliphatic heterocycles. The maximum absolute atomic E-state index is 11.6. The van der Waals surface area contributed by atoms with E-state index in [4.69, 9.17) is 10.5 Å². The summed E-state index contributed by atoms with van der Waals surface area (Å²) < 4.78 is 5.16. The Hall–Kier alpha value is -1.51. The molecular weight excluding hydrogens is 178 g/mol. The molecule has 0 aromatic heterocycles. The van der Waals surface area contributed by atoms with Gasteiger partial charge in [-0.3, -0.25) is 0 Å². The number of nitrogen functional groups attached to an aromatic ring is 1. The SMILES string of the molecule is Cc1ccc(N)c(C(=O)OC2CC2)c1. The number of hydrogen-bond donors (Lipinski definition) is 1. The molecule has 3 heteroatoms. The molecule has 1 aliphatic rings. The lowest BCUT2D eigenvalue weighted by molar-refractivity contribution is 0.0473. The van der Waals surface area contributed by atoms with Gasteiger partial charge in [0.25, 0.3) is 0 Å². The number of carbonyl (C=O) groups is 1. The van der Waals surface area contributed by atoms with Gasteiger partial charge in [-0.25, -0.2) is 4.79 Å². The van der Waals surface area contributed by atoms with Gasteiger partial charge < -0.3 is 10.5 Å². The fraction of sp³-hybridized carbons (Fsp3) is 0.364. The number of benzene rings is 1. The van der Waals surface area contributed by atoms with Crippen LogP contribution in [0.15, 0.2) is 18.2 Å². The largest absolute Gasteiger partial charge is 0.459 e. The predicted octanol–water partition coefficient (Wildman–Crippen LogP) is 1.90. The van der Waals surface area contributed by atoms with Crippen LogP contribution < -0.4 is 5.73 Å². The van der Waals surface area contributed by atoms with Gasteiger partial charge in [-0.1, -0.05) is 11.6 Å². The lowest BCUT2D eigenvalue weighted by Crippen LogP contribution is -2.09. The minimum atomic E-state index is -0.297. The average molecular weight is 191 g/mol. The maximum Gasteiger partial charge on any atom is 0.340 e. The highest BCUT2D eigenvalue weighted by Gasteiger charge is 2.27. The fourth-order valence-corrected chi connectivity index (χ4v) is 1.25. The standard InChI is InChI=1S/C11H13NO2/c1-7-2-5-10(12)9(6-7)11(13)14-8-3-4-8/h2,5-6,8H,3-4,12H2,1H3. The predicted molar refractivity (Wildman–Crippen MR) is 54.0 cm³/mol. The zero-order valence-corrected chi connectivity index (χ0v) is 8.12. The van der Waals surface area contributed by atoms with Crippen molar-refractivity contribution in [3.05, 3.63) is 29.3 Å². The van der Waals surface area contributed by atoms with Crippen molar-refractivity contribution >= 4 is 11.7 Å². The summed E-state index contributed by atoms with van der Waals surface area (Å²) in [4.78, 5) is 11.6. The molecule has 1 saturated carbocycles. The van der Waals surface area contributed by atoms with Gasteiger partial charge in [0, 0.05) is 5.69 Å².